The first-order valence-electron chi connectivity index (χ1n) is 7.19. The third-order valence-electron chi connectivity index (χ3n) is 3.21. The van der Waals surface area contributed by atoms with Gasteiger partial charge in [-0.2, -0.15) is 0 Å². The van der Waals surface area contributed by atoms with Gasteiger partial charge in [0.25, 0.3) is 0 Å². The number of hydrogen-bond acceptors (Lipinski definition) is 4. The van der Waals surface area contributed by atoms with E-state index < -0.39 is 12.2 Å². The van der Waals surface area contributed by atoms with Gasteiger partial charge in [0.15, 0.2) is 6.10 Å². The fourth-order valence-electron chi connectivity index (χ4n) is 2.12. The standard InChI is InChI=1S/C18H20O4/c1-14(19)22-18(16-10-6-3-7-11-16)13-21-12-17(20)15-8-4-2-5-9-15/h2-11,17-18,20H,12-13H2,1H3. The molecule has 4 heteroatoms. The maximum atomic E-state index is 11.2. The molecule has 0 amide bonds. The maximum Gasteiger partial charge on any atom is 0.303 e. The van der Waals surface area contributed by atoms with Gasteiger partial charge in [-0.15, -0.1) is 0 Å². The average Bonchev–Trinajstić information content (AvgIpc) is 2.55. The minimum Gasteiger partial charge on any atom is -0.455 e. The summed E-state index contributed by atoms with van der Waals surface area (Å²) in [5.74, 6) is -0.360. The Balaban J connectivity index is 1.90. The fraction of sp³-hybridized carbons (Fsp3) is 0.278. The molecule has 2 unspecified atom stereocenters. The Hall–Kier alpha value is -2.17. The summed E-state index contributed by atoms with van der Waals surface area (Å²) in [6, 6.07) is 18.7. The first-order valence-corrected chi connectivity index (χ1v) is 7.19. The maximum absolute atomic E-state index is 11.2. The smallest absolute Gasteiger partial charge is 0.303 e. The van der Waals surface area contributed by atoms with Crippen LogP contribution in [0.2, 0.25) is 0 Å². The summed E-state index contributed by atoms with van der Waals surface area (Å²) in [7, 11) is 0. The Kier molecular flexibility index (Phi) is 6.13. The van der Waals surface area contributed by atoms with E-state index in [1.165, 1.54) is 6.92 Å². The van der Waals surface area contributed by atoms with Crippen molar-refractivity contribution in [3.63, 3.8) is 0 Å². The first kappa shape index (κ1) is 16.2. The minimum atomic E-state index is -0.699. The molecule has 22 heavy (non-hydrogen) atoms. The number of carbonyl (C=O) groups excluding carboxylic acids is 1. The molecule has 0 saturated carbocycles. The van der Waals surface area contributed by atoms with E-state index in [-0.39, 0.29) is 19.2 Å². The first-order chi connectivity index (χ1) is 10.7. The van der Waals surface area contributed by atoms with Gasteiger partial charge in [-0.25, -0.2) is 0 Å². The van der Waals surface area contributed by atoms with Crippen molar-refractivity contribution < 1.29 is 19.4 Å². The lowest BCUT2D eigenvalue weighted by Crippen LogP contribution is -2.17. The van der Waals surface area contributed by atoms with E-state index in [0.717, 1.165) is 11.1 Å². The molecule has 0 bridgehead atoms. The van der Waals surface area contributed by atoms with Gasteiger partial charge < -0.3 is 14.6 Å². The highest BCUT2D eigenvalue weighted by molar-refractivity contribution is 5.66. The number of hydrogen-bond donors (Lipinski definition) is 1. The summed E-state index contributed by atoms with van der Waals surface area (Å²) >= 11 is 0. The van der Waals surface area contributed by atoms with E-state index in [9.17, 15) is 9.90 Å². The average molecular weight is 300 g/mol. The van der Waals surface area contributed by atoms with E-state index in [0.29, 0.717) is 0 Å². The normalized spacial score (nSPS) is 13.4. The number of ether oxygens (including phenoxy) is 2. The highest BCUT2D eigenvalue weighted by atomic mass is 16.6. The zero-order valence-corrected chi connectivity index (χ0v) is 12.5. The lowest BCUT2D eigenvalue weighted by atomic mass is 10.1. The van der Waals surface area contributed by atoms with E-state index >= 15 is 0 Å². The molecule has 2 rings (SSSR count). The van der Waals surface area contributed by atoms with Gasteiger partial charge in [0.2, 0.25) is 0 Å². The molecule has 0 saturated heterocycles. The molecule has 0 aliphatic carbocycles. The highest BCUT2D eigenvalue weighted by Crippen LogP contribution is 2.19. The lowest BCUT2D eigenvalue weighted by Gasteiger charge is -2.19. The van der Waals surface area contributed by atoms with Crippen LogP contribution in [0.4, 0.5) is 0 Å². The monoisotopic (exact) mass is 300 g/mol. The molecule has 1 N–H and O–H groups in total. The third kappa shape index (κ3) is 4.98. The van der Waals surface area contributed by atoms with Crippen LogP contribution in [0.3, 0.4) is 0 Å². The van der Waals surface area contributed by atoms with Crippen LogP contribution in [0.25, 0.3) is 0 Å². The van der Waals surface area contributed by atoms with Gasteiger partial charge in [-0.1, -0.05) is 60.7 Å². The van der Waals surface area contributed by atoms with Crippen molar-refractivity contribution in [1.29, 1.82) is 0 Å². The molecular formula is C18H20O4. The van der Waals surface area contributed by atoms with Gasteiger partial charge in [0, 0.05) is 6.92 Å². The Bertz CT molecular complexity index is 568. The van der Waals surface area contributed by atoms with Crippen molar-refractivity contribution in [2.45, 2.75) is 19.1 Å². The fourth-order valence-corrected chi connectivity index (χ4v) is 2.12. The van der Waals surface area contributed by atoms with Crippen LogP contribution in [-0.4, -0.2) is 24.3 Å². The summed E-state index contributed by atoms with van der Waals surface area (Å²) in [5.41, 5.74) is 1.66. The summed E-state index contributed by atoms with van der Waals surface area (Å²) in [5, 5.41) is 10.1. The molecular weight excluding hydrogens is 280 g/mol. The second-order valence-electron chi connectivity index (χ2n) is 4.97. The summed E-state index contributed by atoms with van der Waals surface area (Å²) < 4.78 is 10.8. The third-order valence-corrected chi connectivity index (χ3v) is 3.21. The van der Waals surface area contributed by atoms with E-state index in [1.54, 1.807) is 0 Å². The predicted octanol–water partition coefficient (Wildman–Crippen LogP) is 3.04. The Morgan fingerprint density at radius 2 is 1.50 bits per heavy atom. The number of carbonyl (C=O) groups is 1. The largest absolute Gasteiger partial charge is 0.455 e. The topological polar surface area (TPSA) is 55.8 Å². The van der Waals surface area contributed by atoms with Crippen molar-refractivity contribution in [2.75, 3.05) is 13.2 Å². The predicted molar refractivity (Wildman–Crippen MR) is 83.2 cm³/mol. The van der Waals surface area contributed by atoms with Crippen molar-refractivity contribution in [1.82, 2.24) is 0 Å². The van der Waals surface area contributed by atoms with Crippen molar-refractivity contribution >= 4 is 5.97 Å². The summed E-state index contributed by atoms with van der Waals surface area (Å²) in [6.45, 7) is 1.72. The van der Waals surface area contributed by atoms with Gasteiger partial charge in [-0.3, -0.25) is 4.79 Å². The van der Waals surface area contributed by atoms with E-state index in [1.807, 2.05) is 60.7 Å². The molecule has 0 radical (unpaired) electrons. The summed E-state index contributed by atoms with van der Waals surface area (Å²) in [4.78, 5) is 11.2. The Morgan fingerprint density at radius 3 is 2.05 bits per heavy atom. The SMILES string of the molecule is CC(=O)OC(COCC(O)c1ccccc1)c1ccccc1. The second-order valence-corrected chi connectivity index (χ2v) is 4.97. The molecule has 2 aromatic rings. The molecule has 0 aliphatic heterocycles. The van der Waals surface area contributed by atoms with Gasteiger partial charge in [0.05, 0.1) is 13.2 Å². The zero-order chi connectivity index (χ0) is 15.8. The van der Waals surface area contributed by atoms with E-state index in [4.69, 9.17) is 9.47 Å². The second kappa shape index (κ2) is 8.32. The van der Waals surface area contributed by atoms with E-state index in [2.05, 4.69) is 0 Å². The lowest BCUT2D eigenvalue weighted by molar-refractivity contribution is -0.150. The van der Waals surface area contributed by atoms with Crippen LogP contribution in [0.5, 0.6) is 0 Å². The highest BCUT2D eigenvalue weighted by Gasteiger charge is 2.16. The molecule has 4 nitrogen and oxygen atoms in total. The molecule has 2 atom stereocenters. The molecule has 2 aromatic carbocycles. The Morgan fingerprint density at radius 1 is 0.955 bits per heavy atom. The van der Waals surface area contributed by atoms with Gasteiger partial charge in [-0.05, 0) is 11.1 Å². The van der Waals surface area contributed by atoms with Gasteiger partial charge in [0.1, 0.15) is 6.10 Å². The van der Waals surface area contributed by atoms with Crippen LogP contribution in [-0.2, 0) is 14.3 Å². The molecule has 0 fully saturated rings. The number of rotatable bonds is 7. The van der Waals surface area contributed by atoms with Crippen LogP contribution in [0, 0.1) is 0 Å². The zero-order valence-electron chi connectivity index (χ0n) is 12.5. The molecule has 0 aromatic heterocycles. The van der Waals surface area contributed by atoms with Gasteiger partial charge >= 0.3 is 5.97 Å². The Labute approximate surface area is 130 Å². The van der Waals surface area contributed by atoms with Crippen LogP contribution >= 0.6 is 0 Å². The van der Waals surface area contributed by atoms with Crippen LogP contribution in [0.1, 0.15) is 30.3 Å². The van der Waals surface area contributed by atoms with Crippen molar-refractivity contribution in [3.05, 3.63) is 71.8 Å². The molecule has 0 heterocycles. The molecule has 0 aliphatic rings. The minimum absolute atomic E-state index is 0.147. The quantitative estimate of drug-likeness (QED) is 0.799. The molecule has 116 valence electrons. The van der Waals surface area contributed by atoms with Crippen molar-refractivity contribution in [3.8, 4) is 0 Å². The summed E-state index contributed by atoms with van der Waals surface area (Å²) in [6.07, 6.45) is -1.17. The molecule has 0 spiro atoms. The number of esters is 1. The van der Waals surface area contributed by atoms with Crippen LogP contribution < -0.4 is 0 Å². The van der Waals surface area contributed by atoms with Crippen LogP contribution in [0.15, 0.2) is 60.7 Å². The number of aliphatic hydroxyl groups excluding tert-OH is 1. The van der Waals surface area contributed by atoms with Crippen molar-refractivity contribution in [2.24, 2.45) is 0 Å². The number of aliphatic hydroxyl groups is 1. The number of benzene rings is 2.